The summed E-state index contributed by atoms with van der Waals surface area (Å²) in [6.45, 7) is 2.74. The minimum atomic E-state index is 0.168. The molecule has 0 spiro atoms. The van der Waals surface area contributed by atoms with Crippen LogP contribution in [0.3, 0.4) is 0 Å². The molecule has 0 aliphatic carbocycles. The van der Waals surface area contributed by atoms with Crippen LogP contribution in [0.2, 0.25) is 0 Å². The molecular weight excluding hydrogens is 184 g/mol. The van der Waals surface area contributed by atoms with Crippen LogP contribution < -0.4 is 5.73 Å². The molecule has 1 heterocycles. The van der Waals surface area contributed by atoms with Crippen LogP contribution in [-0.4, -0.2) is 24.7 Å². The number of nitrogens with zero attached hydrogens (tertiary/aromatic N) is 1. The van der Waals surface area contributed by atoms with Crippen LogP contribution in [0.5, 0.6) is 0 Å². The van der Waals surface area contributed by atoms with Gasteiger partial charge in [-0.2, -0.15) is 0 Å². The van der Waals surface area contributed by atoms with Crippen molar-refractivity contribution in [2.75, 3.05) is 13.7 Å². The molecule has 0 aliphatic rings. The van der Waals surface area contributed by atoms with Crippen molar-refractivity contribution in [1.82, 2.24) is 4.98 Å². The summed E-state index contributed by atoms with van der Waals surface area (Å²) in [6.07, 6.45) is 1.75. The molecule has 0 radical (unpaired) electrons. The van der Waals surface area contributed by atoms with E-state index >= 15 is 0 Å². The van der Waals surface area contributed by atoms with Gasteiger partial charge in [-0.25, -0.2) is 4.98 Å². The predicted octanol–water partition coefficient (Wildman–Crippen LogP) is 1.36. The maximum Gasteiger partial charge on any atom is 0.0897 e. The standard InChI is InChI=1S/C9H16N2OS/c1-7-11-9(6-13-7)5-8(10)3-4-12-2/h6,8H,3-5,10H2,1-2H3. The third-order valence-corrected chi connectivity index (χ3v) is 2.65. The van der Waals surface area contributed by atoms with Gasteiger partial charge in [0.2, 0.25) is 0 Å². The summed E-state index contributed by atoms with van der Waals surface area (Å²) >= 11 is 1.67. The number of hydrogen-bond acceptors (Lipinski definition) is 4. The summed E-state index contributed by atoms with van der Waals surface area (Å²) < 4.78 is 4.96. The normalized spacial score (nSPS) is 13.2. The Bertz CT molecular complexity index is 250. The summed E-state index contributed by atoms with van der Waals surface area (Å²) in [6, 6.07) is 0.168. The highest BCUT2D eigenvalue weighted by Crippen LogP contribution is 2.10. The van der Waals surface area contributed by atoms with Crippen molar-refractivity contribution in [1.29, 1.82) is 0 Å². The molecule has 0 aromatic carbocycles. The molecule has 0 bridgehead atoms. The number of ether oxygens (including phenoxy) is 1. The molecule has 2 N–H and O–H groups in total. The Morgan fingerprint density at radius 3 is 3.00 bits per heavy atom. The van der Waals surface area contributed by atoms with Gasteiger partial charge in [-0.05, 0) is 13.3 Å². The zero-order valence-corrected chi connectivity index (χ0v) is 8.93. The lowest BCUT2D eigenvalue weighted by molar-refractivity contribution is 0.187. The number of methoxy groups -OCH3 is 1. The Hall–Kier alpha value is -0.450. The van der Waals surface area contributed by atoms with Crippen LogP contribution in [0, 0.1) is 6.92 Å². The molecule has 0 saturated heterocycles. The number of rotatable bonds is 5. The van der Waals surface area contributed by atoms with E-state index in [4.69, 9.17) is 10.5 Å². The first-order chi connectivity index (χ1) is 6.22. The van der Waals surface area contributed by atoms with Crippen LogP contribution in [0.1, 0.15) is 17.1 Å². The second-order valence-electron chi connectivity index (χ2n) is 3.10. The molecule has 1 aromatic heterocycles. The van der Waals surface area contributed by atoms with E-state index < -0.39 is 0 Å². The van der Waals surface area contributed by atoms with Gasteiger partial charge in [0.1, 0.15) is 0 Å². The molecule has 1 atom stereocenters. The van der Waals surface area contributed by atoms with Gasteiger partial charge in [-0.15, -0.1) is 11.3 Å². The van der Waals surface area contributed by atoms with Crippen LogP contribution in [0.15, 0.2) is 5.38 Å². The lowest BCUT2D eigenvalue weighted by atomic mass is 10.1. The molecular formula is C9H16N2OS. The zero-order chi connectivity index (χ0) is 9.68. The van der Waals surface area contributed by atoms with E-state index in [9.17, 15) is 0 Å². The molecule has 0 saturated carbocycles. The molecule has 0 fully saturated rings. The number of nitrogens with two attached hydrogens (primary N) is 1. The monoisotopic (exact) mass is 200 g/mol. The van der Waals surface area contributed by atoms with E-state index in [1.807, 2.05) is 6.92 Å². The summed E-state index contributed by atoms with van der Waals surface area (Å²) in [5.41, 5.74) is 6.99. The van der Waals surface area contributed by atoms with E-state index in [1.165, 1.54) is 0 Å². The summed E-state index contributed by atoms with van der Waals surface area (Å²) in [5, 5.41) is 3.18. The highest BCUT2D eigenvalue weighted by molar-refractivity contribution is 7.09. The average molecular weight is 200 g/mol. The van der Waals surface area contributed by atoms with Gasteiger partial charge in [0, 0.05) is 31.6 Å². The van der Waals surface area contributed by atoms with Gasteiger partial charge < -0.3 is 10.5 Å². The van der Waals surface area contributed by atoms with Crippen molar-refractivity contribution in [3.8, 4) is 0 Å². The van der Waals surface area contributed by atoms with Gasteiger partial charge >= 0.3 is 0 Å². The Morgan fingerprint density at radius 2 is 2.46 bits per heavy atom. The first kappa shape index (κ1) is 10.6. The second kappa shape index (κ2) is 5.32. The minimum Gasteiger partial charge on any atom is -0.385 e. The van der Waals surface area contributed by atoms with Crippen LogP contribution in [0.25, 0.3) is 0 Å². The Kier molecular flexibility index (Phi) is 4.35. The third-order valence-electron chi connectivity index (χ3n) is 1.83. The number of thiazole rings is 1. The van der Waals surface area contributed by atoms with Crippen molar-refractivity contribution in [3.63, 3.8) is 0 Å². The lowest BCUT2D eigenvalue weighted by Crippen LogP contribution is -2.24. The predicted molar refractivity (Wildman–Crippen MR) is 55.0 cm³/mol. The maximum absolute atomic E-state index is 5.89. The lowest BCUT2D eigenvalue weighted by Gasteiger charge is -2.08. The summed E-state index contributed by atoms with van der Waals surface area (Å²) in [5.74, 6) is 0. The van der Waals surface area contributed by atoms with Crippen LogP contribution in [0.4, 0.5) is 0 Å². The van der Waals surface area contributed by atoms with Gasteiger partial charge in [0.15, 0.2) is 0 Å². The zero-order valence-electron chi connectivity index (χ0n) is 8.12. The smallest absolute Gasteiger partial charge is 0.0897 e. The molecule has 4 heteroatoms. The molecule has 74 valence electrons. The van der Waals surface area contributed by atoms with E-state index in [-0.39, 0.29) is 6.04 Å². The van der Waals surface area contributed by atoms with Gasteiger partial charge in [0.05, 0.1) is 10.7 Å². The van der Waals surface area contributed by atoms with Crippen LogP contribution in [-0.2, 0) is 11.2 Å². The van der Waals surface area contributed by atoms with Gasteiger partial charge in [0.25, 0.3) is 0 Å². The van der Waals surface area contributed by atoms with Crippen molar-refractivity contribution >= 4 is 11.3 Å². The molecule has 0 amide bonds. The second-order valence-corrected chi connectivity index (χ2v) is 4.17. The Balaban J connectivity index is 2.31. The average Bonchev–Trinajstić information content (AvgIpc) is 2.48. The molecule has 13 heavy (non-hydrogen) atoms. The molecule has 1 aromatic rings. The number of aromatic nitrogens is 1. The topological polar surface area (TPSA) is 48.1 Å². The number of aryl methyl sites for hydroxylation is 1. The fraction of sp³-hybridized carbons (Fsp3) is 0.667. The highest BCUT2D eigenvalue weighted by Gasteiger charge is 2.05. The Labute approximate surface area is 82.9 Å². The van der Waals surface area contributed by atoms with E-state index in [0.717, 1.165) is 30.2 Å². The Morgan fingerprint density at radius 1 is 1.69 bits per heavy atom. The molecule has 3 nitrogen and oxygen atoms in total. The highest BCUT2D eigenvalue weighted by atomic mass is 32.1. The largest absolute Gasteiger partial charge is 0.385 e. The summed E-state index contributed by atoms with van der Waals surface area (Å²) in [4.78, 5) is 4.36. The maximum atomic E-state index is 5.89. The van der Waals surface area contributed by atoms with E-state index in [1.54, 1.807) is 18.4 Å². The molecule has 1 rings (SSSR count). The van der Waals surface area contributed by atoms with Gasteiger partial charge in [-0.1, -0.05) is 0 Å². The van der Waals surface area contributed by atoms with Crippen molar-refractivity contribution in [3.05, 3.63) is 16.1 Å². The van der Waals surface area contributed by atoms with Crippen molar-refractivity contribution in [2.45, 2.75) is 25.8 Å². The quantitative estimate of drug-likeness (QED) is 0.780. The molecule has 1 unspecified atom stereocenters. The summed E-state index contributed by atoms with van der Waals surface area (Å²) in [7, 11) is 1.69. The van der Waals surface area contributed by atoms with E-state index in [0.29, 0.717) is 0 Å². The van der Waals surface area contributed by atoms with Crippen molar-refractivity contribution < 1.29 is 4.74 Å². The minimum absolute atomic E-state index is 0.168. The number of hydrogen-bond donors (Lipinski definition) is 1. The van der Waals surface area contributed by atoms with Gasteiger partial charge in [-0.3, -0.25) is 0 Å². The fourth-order valence-corrected chi connectivity index (χ4v) is 1.77. The fourth-order valence-electron chi connectivity index (χ4n) is 1.14. The first-order valence-electron chi connectivity index (χ1n) is 4.38. The SMILES string of the molecule is COCCC(N)Cc1csc(C)n1. The van der Waals surface area contributed by atoms with Crippen molar-refractivity contribution in [2.24, 2.45) is 5.73 Å². The third kappa shape index (κ3) is 3.85. The van der Waals surface area contributed by atoms with Crippen LogP contribution >= 0.6 is 11.3 Å². The molecule has 0 aliphatic heterocycles. The first-order valence-corrected chi connectivity index (χ1v) is 5.26. The van der Waals surface area contributed by atoms with E-state index in [2.05, 4.69) is 10.4 Å².